The summed E-state index contributed by atoms with van der Waals surface area (Å²) in [5.74, 6) is 0.879. The van der Waals surface area contributed by atoms with Crippen LogP contribution in [0.15, 0.2) is 35.7 Å². The molecule has 0 amide bonds. The van der Waals surface area contributed by atoms with Gasteiger partial charge in [-0.2, -0.15) is 0 Å². The summed E-state index contributed by atoms with van der Waals surface area (Å²) in [7, 11) is -4.49. The predicted molar refractivity (Wildman–Crippen MR) is 117 cm³/mol. The molecule has 0 radical (unpaired) electrons. The Morgan fingerprint density at radius 1 is 1.23 bits per heavy atom. The summed E-state index contributed by atoms with van der Waals surface area (Å²) in [6.07, 6.45) is 5.57. The molecule has 1 aromatic heterocycles. The Balaban J connectivity index is 1.31. The molecule has 1 fully saturated rings. The van der Waals surface area contributed by atoms with E-state index in [2.05, 4.69) is 40.2 Å². The molecule has 1 saturated carbocycles. The van der Waals surface area contributed by atoms with Crippen molar-refractivity contribution >= 4 is 19.2 Å². The van der Waals surface area contributed by atoms with Crippen LogP contribution in [0.25, 0.3) is 0 Å². The SMILES string of the molecule is N[C@]1(COP(=O)(O)O)CC[C@H](c2ccc3c(c2)CC[C@@H](COCc2cccs2)C3)C1. The summed E-state index contributed by atoms with van der Waals surface area (Å²) in [4.78, 5) is 19.2. The number of ether oxygens (including phenoxy) is 1. The highest BCUT2D eigenvalue weighted by molar-refractivity contribution is 7.46. The van der Waals surface area contributed by atoms with Crippen LogP contribution in [0, 0.1) is 5.92 Å². The highest BCUT2D eigenvalue weighted by Gasteiger charge is 2.38. The van der Waals surface area contributed by atoms with Crippen LogP contribution >= 0.6 is 19.2 Å². The van der Waals surface area contributed by atoms with Gasteiger partial charge >= 0.3 is 7.82 Å². The summed E-state index contributed by atoms with van der Waals surface area (Å²) in [6.45, 7) is 1.40. The van der Waals surface area contributed by atoms with Crippen molar-refractivity contribution in [3.05, 3.63) is 57.3 Å². The Bertz CT molecular complexity index is 899. The third kappa shape index (κ3) is 5.80. The number of hydrogen-bond acceptors (Lipinski definition) is 5. The van der Waals surface area contributed by atoms with Crippen LogP contribution in [0.4, 0.5) is 0 Å². The minimum atomic E-state index is -4.49. The van der Waals surface area contributed by atoms with Gasteiger partial charge in [-0.1, -0.05) is 24.3 Å². The van der Waals surface area contributed by atoms with E-state index in [4.69, 9.17) is 20.3 Å². The molecule has 0 spiro atoms. The zero-order chi connectivity index (χ0) is 21.2. The molecule has 0 bridgehead atoms. The van der Waals surface area contributed by atoms with E-state index in [1.165, 1.54) is 21.6 Å². The van der Waals surface area contributed by atoms with Crippen molar-refractivity contribution in [2.24, 2.45) is 11.7 Å². The first-order chi connectivity index (χ1) is 14.3. The van der Waals surface area contributed by atoms with Crippen molar-refractivity contribution in [3.8, 4) is 0 Å². The Morgan fingerprint density at radius 2 is 2.10 bits per heavy atom. The zero-order valence-corrected chi connectivity index (χ0v) is 18.7. The average molecular weight is 452 g/mol. The molecular weight excluding hydrogens is 421 g/mol. The van der Waals surface area contributed by atoms with Crippen molar-refractivity contribution < 1.29 is 23.6 Å². The molecule has 1 heterocycles. The summed E-state index contributed by atoms with van der Waals surface area (Å²) < 4.78 is 21.6. The molecule has 164 valence electrons. The Kier molecular flexibility index (Phi) is 6.80. The van der Waals surface area contributed by atoms with Gasteiger partial charge in [0.25, 0.3) is 0 Å². The summed E-state index contributed by atoms with van der Waals surface area (Å²) in [6, 6.07) is 10.9. The van der Waals surface area contributed by atoms with Crippen LogP contribution in [-0.4, -0.2) is 28.5 Å². The van der Waals surface area contributed by atoms with Crippen molar-refractivity contribution in [1.82, 2.24) is 0 Å². The maximum atomic E-state index is 11.0. The molecule has 0 aliphatic heterocycles. The van der Waals surface area contributed by atoms with E-state index < -0.39 is 13.4 Å². The first-order valence-corrected chi connectivity index (χ1v) is 12.9. The molecule has 4 N–H and O–H groups in total. The fourth-order valence-corrected chi connectivity index (χ4v) is 5.82. The predicted octanol–water partition coefficient (Wildman–Crippen LogP) is 4.14. The molecule has 8 heteroatoms. The Hall–Kier alpha value is -1.05. The van der Waals surface area contributed by atoms with E-state index in [1.54, 1.807) is 11.3 Å². The quantitative estimate of drug-likeness (QED) is 0.522. The van der Waals surface area contributed by atoms with Gasteiger partial charge in [0.2, 0.25) is 0 Å². The maximum Gasteiger partial charge on any atom is 0.469 e. The number of thiophene rings is 1. The van der Waals surface area contributed by atoms with Crippen LogP contribution < -0.4 is 5.73 Å². The summed E-state index contributed by atoms with van der Waals surface area (Å²) in [5, 5.41) is 2.08. The lowest BCUT2D eigenvalue weighted by Gasteiger charge is -2.26. The topological polar surface area (TPSA) is 102 Å². The lowest BCUT2D eigenvalue weighted by molar-refractivity contribution is 0.0840. The smallest absolute Gasteiger partial charge is 0.376 e. The van der Waals surface area contributed by atoms with E-state index >= 15 is 0 Å². The van der Waals surface area contributed by atoms with Gasteiger partial charge in [0.15, 0.2) is 0 Å². The highest BCUT2D eigenvalue weighted by Crippen LogP contribution is 2.44. The third-order valence-electron chi connectivity index (χ3n) is 6.37. The van der Waals surface area contributed by atoms with Crippen LogP contribution in [0.2, 0.25) is 0 Å². The van der Waals surface area contributed by atoms with Crippen LogP contribution in [0.5, 0.6) is 0 Å². The highest BCUT2D eigenvalue weighted by atomic mass is 32.1. The van der Waals surface area contributed by atoms with E-state index in [0.29, 0.717) is 31.3 Å². The second kappa shape index (κ2) is 9.21. The van der Waals surface area contributed by atoms with Gasteiger partial charge in [0.05, 0.1) is 19.8 Å². The van der Waals surface area contributed by atoms with E-state index in [1.807, 2.05) is 0 Å². The Morgan fingerprint density at radius 3 is 2.87 bits per heavy atom. The Labute approximate surface area is 181 Å². The lowest BCUT2D eigenvalue weighted by atomic mass is 9.82. The first-order valence-electron chi connectivity index (χ1n) is 10.5. The fourth-order valence-electron chi connectivity index (χ4n) is 4.75. The minimum Gasteiger partial charge on any atom is -0.376 e. The minimum absolute atomic E-state index is 0.105. The number of phosphoric ester groups is 1. The number of phosphoric acid groups is 1. The maximum absolute atomic E-state index is 11.0. The van der Waals surface area contributed by atoms with Gasteiger partial charge in [0, 0.05) is 10.4 Å². The lowest BCUT2D eigenvalue weighted by Crippen LogP contribution is -2.41. The number of rotatable bonds is 8. The number of fused-ring (bicyclic) bond motifs is 1. The molecule has 30 heavy (non-hydrogen) atoms. The van der Waals surface area contributed by atoms with E-state index in [9.17, 15) is 4.57 Å². The van der Waals surface area contributed by atoms with Gasteiger partial charge < -0.3 is 20.3 Å². The van der Waals surface area contributed by atoms with Crippen LogP contribution in [-0.2, 0) is 33.3 Å². The number of hydrogen-bond donors (Lipinski definition) is 3. The van der Waals surface area contributed by atoms with Crippen molar-refractivity contribution in [3.63, 3.8) is 0 Å². The van der Waals surface area contributed by atoms with Gasteiger partial charge in [-0.15, -0.1) is 11.3 Å². The fraction of sp³-hybridized carbons (Fsp3) is 0.545. The molecule has 3 atom stereocenters. The molecule has 1 aromatic carbocycles. The molecular formula is C22H30NO5PS. The number of benzene rings is 1. The molecule has 0 saturated heterocycles. The molecule has 0 unspecified atom stereocenters. The largest absolute Gasteiger partial charge is 0.469 e. The summed E-state index contributed by atoms with van der Waals surface area (Å²) in [5.41, 5.74) is 9.79. The number of nitrogens with two attached hydrogens (primary N) is 1. The molecule has 2 aromatic rings. The van der Waals surface area contributed by atoms with Gasteiger partial charge in [-0.05, 0) is 78.5 Å². The first kappa shape index (κ1) is 22.2. The number of aryl methyl sites for hydroxylation is 1. The summed E-state index contributed by atoms with van der Waals surface area (Å²) >= 11 is 1.74. The molecule has 6 nitrogen and oxygen atoms in total. The van der Waals surface area contributed by atoms with Gasteiger partial charge in [0.1, 0.15) is 0 Å². The van der Waals surface area contributed by atoms with Crippen molar-refractivity contribution in [1.29, 1.82) is 0 Å². The molecule has 2 aliphatic carbocycles. The van der Waals surface area contributed by atoms with Crippen LogP contribution in [0.1, 0.15) is 53.2 Å². The standard InChI is InChI=1S/C22H30NO5PS/c23-22(15-28-29(24,25)26)8-7-20(12-22)19-6-5-17-10-16(3-4-18(17)11-19)13-27-14-21-2-1-9-30-21/h1-2,5-6,9,11,16,20H,3-4,7-8,10,12-15,23H2,(H2,24,25,26)/t16-,20+,22-/m1/s1. The second-order valence-electron chi connectivity index (χ2n) is 8.80. The normalized spacial score (nSPS) is 26.6. The van der Waals surface area contributed by atoms with Crippen molar-refractivity contribution in [2.75, 3.05) is 13.2 Å². The monoisotopic (exact) mass is 451 g/mol. The van der Waals surface area contributed by atoms with Crippen molar-refractivity contribution in [2.45, 2.75) is 56.6 Å². The van der Waals surface area contributed by atoms with E-state index in [-0.39, 0.29) is 6.61 Å². The van der Waals surface area contributed by atoms with Gasteiger partial charge in [-0.25, -0.2) is 4.57 Å². The third-order valence-corrected chi connectivity index (χ3v) is 7.69. The van der Waals surface area contributed by atoms with E-state index in [0.717, 1.165) is 32.3 Å². The zero-order valence-electron chi connectivity index (χ0n) is 17.0. The molecule has 2 aliphatic rings. The molecule has 4 rings (SSSR count). The van der Waals surface area contributed by atoms with Crippen LogP contribution in [0.3, 0.4) is 0 Å². The average Bonchev–Trinajstić information content (AvgIpc) is 3.36. The second-order valence-corrected chi connectivity index (χ2v) is 11.1. The van der Waals surface area contributed by atoms with Gasteiger partial charge in [-0.3, -0.25) is 4.52 Å².